The number of anilines is 2. The van der Waals surface area contributed by atoms with Gasteiger partial charge in [-0.1, -0.05) is 17.4 Å². The summed E-state index contributed by atoms with van der Waals surface area (Å²) in [6.45, 7) is 2.64. The minimum absolute atomic E-state index is 0.00952. The summed E-state index contributed by atoms with van der Waals surface area (Å²) in [5.41, 5.74) is -0.0641. The Labute approximate surface area is 141 Å². The third-order valence-electron chi connectivity index (χ3n) is 4.24. The molecule has 24 heavy (non-hydrogen) atoms. The zero-order chi connectivity index (χ0) is 16.7. The monoisotopic (exact) mass is 351 g/mol. The summed E-state index contributed by atoms with van der Waals surface area (Å²) in [6, 6.07) is 3.76. The first-order valence-electron chi connectivity index (χ1n) is 7.70. The Morgan fingerprint density at radius 2 is 1.96 bits per heavy atom. The van der Waals surface area contributed by atoms with Gasteiger partial charge in [0.15, 0.2) is 5.13 Å². The lowest BCUT2D eigenvalue weighted by Gasteiger charge is -2.26. The van der Waals surface area contributed by atoms with Gasteiger partial charge in [0.2, 0.25) is 5.91 Å². The molecule has 1 N–H and O–H groups in total. The molecule has 0 spiro atoms. The van der Waals surface area contributed by atoms with Gasteiger partial charge in [-0.05, 0) is 12.1 Å². The number of thiazole rings is 1. The molecule has 1 unspecified atom stereocenters. The van der Waals surface area contributed by atoms with Crippen molar-refractivity contribution in [1.82, 2.24) is 4.98 Å². The summed E-state index contributed by atoms with van der Waals surface area (Å²) >= 11 is 1.38. The maximum atomic E-state index is 14.2. The van der Waals surface area contributed by atoms with E-state index in [-0.39, 0.29) is 17.9 Å². The van der Waals surface area contributed by atoms with Crippen molar-refractivity contribution in [3.8, 4) is 0 Å². The van der Waals surface area contributed by atoms with Crippen LogP contribution in [0, 0.1) is 11.6 Å². The molecule has 3 heterocycles. The first-order valence-corrected chi connectivity index (χ1v) is 8.52. The van der Waals surface area contributed by atoms with Crippen molar-refractivity contribution in [2.45, 2.75) is 12.3 Å². The van der Waals surface area contributed by atoms with Gasteiger partial charge in [-0.25, -0.2) is 13.8 Å². The van der Waals surface area contributed by atoms with Gasteiger partial charge in [-0.3, -0.25) is 4.79 Å². The summed E-state index contributed by atoms with van der Waals surface area (Å²) in [4.78, 5) is 19.2. The molecular weight excluding hydrogens is 336 g/mol. The molecule has 1 fully saturated rings. The normalized spacial score (nSPS) is 20.7. The molecule has 2 aliphatic rings. The van der Waals surface area contributed by atoms with E-state index in [1.807, 2.05) is 0 Å². The average Bonchev–Trinajstić information content (AvgIpc) is 2.99. The number of ether oxygens (including phenoxy) is 1. The fourth-order valence-electron chi connectivity index (χ4n) is 3.07. The lowest BCUT2D eigenvalue weighted by Crippen LogP contribution is -2.36. The minimum Gasteiger partial charge on any atom is -0.378 e. The van der Waals surface area contributed by atoms with Gasteiger partial charge in [-0.15, -0.1) is 0 Å². The number of fused-ring (bicyclic) bond motifs is 1. The Bertz CT molecular complexity index is 769. The maximum absolute atomic E-state index is 14.2. The first kappa shape index (κ1) is 15.5. The molecule has 1 aromatic carbocycles. The van der Waals surface area contributed by atoms with E-state index >= 15 is 0 Å². The van der Waals surface area contributed by atoms with E-state index < -0.39 is 17.6 Å². The number of carbonyl (C=O) groups excluding carboxylic acids is 1. The predicted octanol–water partition coefficient (Wildman–Crippen LogP) is 2.73. The van der Waals surface area contributed by atoms with Crippen LogP contribution in [0.3, 0.4) is 0 Å². The van der Waals surface area contributed by atoms with Crippen LogP contribution in [0.5, 0.6) is 0 Å². The smallest absolute Gasteiger partial charge is 0.226 e. The topological polar surface area (TPSA) is 54.5 Å². The van der Waals surface area contributed by atoms with Crippen molar-refractivity contribution in [2.24, 2.45) is 0 Å². The van der Waals surface area contributed by atoms with Gasteiger partial charge in [0.1, 0.15) is 17.5 Å². The second-order valence-electron chi connectivity index (χ2n) is 5.75. The van der Waals surface area contributed by atoms with E-state index in [1.165, 1.54) is 29.5 Å². The largest absolute Gasteiger partial charge is 0.378 e. The predicted molar refractivity (Wildman–Crippen MR) is 86.6 cm³/mol. The van der Waals surface area contributed by atoms with Crippen molar-refractivity contribution in [3.05, 3.63) is 40.3 Å². The van der Waals surface area contributed by atoms with E-state index in [0.29, 0.717) is 37.0 Å². The highest BCUT2D eigenvalue weighted by Gasteiger charge is 2.34. The molecule has 2 aromatic rings. The van der Waals surface area contributed by atoms with Gasteiger partial charge in [0.05, 0.1) is 18.1 Å². The highest BCUT2D eigenvalue weighted by Crippen LogP contribution is 2.44. The lowest BCUT2D eigenvalue weighted by atomic mass is 9.91. The van der Waals surface area contributed by atoms with Crippen LogP contribution in [0.2, 0.25) is 0 Å². The third kappa shape index (κ3) is 2.65. The molecule has 5 nitrogen and oxygen atoms in total. The Balaban J connectivity index is 1.76. The van der Waals surface area contributed by atoms with Crippen LogP contribution in [0.15, 0.2) is 18.2 Å². The van der Waals surface area contributed by atoms with E-state index in [2.05, 4.69) is 15.2 Å². The quantitative estimate of drug-likeness (QED) is 0.904. The number of hydrogen-bond donors (Lipinski definition) is 1. The molecule has 1 amide bonds. The molecule has 0 aliphatic carbocycles. The number of benzene rings is 1. The van der Waals surface area contributed by atoms with Gasteiger partial charge < -0.3 is 15.0 Å². The van der Waals surface area contributed by atoms with Crippen LogP contribution in [-0.2, 0) is 9.53 Å². The van der Waals surface area contributed by atoms with E-state index in [4.69, 9.17) is 4.74 Å². The zero-order valence-electron chi connectivity index (χ0n) is 12.7. The second kappa shape index (κ2) is 6.10. The average molecular weight is 351 g/mol. The molecule has 0 bridgehead atoms. The second-order valence-corrected chi connectivity index (χ2v) is 6.76. The number of carbonyl (C=O) groups is 1. The lowest BCUT2D eigenvalue weighted by molar-refractivity contribution is -0.116. The summed E-state index contributed by atoms with van der Waals surface area (Å²) in [5, 5.41) is 3.46. The van der Waals surface area contributed by atoms with Crippen molar-refractivity contribution in [1.29, 1.82) is 0 Å². The molecule has 1 aromatic heterocycles. The zero-order valence-corrected chi connectivity index (χ0v) is 13.5. The van der Waals surface area contributed by atoms with Crippen LogP contribution in [-0.4, -0.2) is 37.2 Å². The van der Waals surface area contributed by atoms with E-state index in [0.717, 1.165) is 5.13 Å². The fourth-order valence-corrected chi connectivity index (χ4v) is 4.26. The third-order valence-corrected chi connectivity index (χ3v) is 5.47. The highest BCUT2D eigenvalue weighted by molar-refractivity contribution is 7.16. The van der Waals surface area contributed by atoms with E-state index in [9.17, 15) is 13.6 Å². The summed E-state index contributed by atoms with van der Waals surface area (Å²) in [6.07, 6.45) is 0.00952. The number of aromatic nitrogens is 1. The van der Waals surface area contributed by atoms with Crippen LogP contribution in [0.25, 0.3) is 0 Å². The van der Waals surface area contributed by atoms with Gasteiger partial charge in [0, 0.05) is 31.0 Å². The Morgan fingerprint density at radius 3 is 2.67 bits per heavy atom. The Kier molecular flexibility index (Phi) is 3.93. The number of halogens is 2. The van der Waals surface area contributed by atoms with Crippen LogP contribution < -0.4 is 10.2 Å². The van der Waals surface area contributed by atoms with Crippen molar-refractivity contribution < 1.29 is 18.3 Å². The molecule has 126 valence electrons. The molecule has 0 saturated carbocycles. The minimum atomic E-state index is -0.651. The van der Waals surface area contributed by atoms with Crippen LogP contribution >= 0.6 is 11.3 Å². The fraction of sp³-hybridized carbons (Fsp3) is 0.375. The number of rotatable bonds is 2. The van der Waals surface area contributed by atoms with Gasteiger partial charge >= 0.3 is 0 Å². The molecular formula is C16H15F2N3O2S. The summed E-state index contributed by atoms with van der Waals surface area (Å²) in [7, 11) is 0. The molecule has 4 rings (SSSR count). The van der Waals surface area contributed by atoms with Crippen molar-refractivity contribution in [3.63, 3.8) is 0 Å². The number of hydrogen-bond acceptors (Lipinski definition) is 5. The Hall–Kier alpha value is -2.06. The van der Waals surface area contributed by atoms with Crippen molar-refractivity contribution in [2.75, 3.05) is 36.5 Å². The SMILES string of the molecule is O=C1CC(c2c(F)cccc2F)c2sc(N3CCOCC3)nc2N1. The van der Waals surface area contributed by atoms with Crippen molar-refractivity contribution >= 4 is 28.2 Å². The molecule has 1 atom stereocenters. The highest BCUT2D eigenvalue weighted by atomic mass is 32.1. The molecule has 8 heteroatoms. The summed E-state index contributed by atoms with van der Waals surface area (Å²) in [5.74, 6) is -1.80. The summed E-state index contributed by atoms with van der Waals surface area (Å²) < 4.78 is 33.7. The maximum Gasteiger partial charge on any atom is 0.226 e. The standard InChI is InChI=1S/C16H15F2N3O2S/c17-10-2-1-3-11(18)13(10)9-8-12(22)19-15-14(9)24-16(20-15)21-4-6-23-7-5-21/h1-3,9H,4-8H2,(H,19,22). The van der Waals surface area contributed by atoms with Gasteiger partial charge in [-0.2, -0.15) is 0 Å². The number of nitrogens with one attached hydrogen (secondary N) is 1. The van der Waals surface area contributed by atoms with Gasteiger partial charge in [0.25, 0.3) is 0 Å². The molecule has 0 radical (unpaired) electrons. The van der Waals surface area contributed by atoms with E-state index in [1.54, 1.807) is 0 Å². The number of morpholine rings is 1. The molecule has 1 saturated heterocycles. The molecule has 2 aliphatic heterocycles. The van der Waals surface area contributed by atoms with Crippen LogP contribution in [0.4, 0.5) is 19.7 Å². The number of nitrogens with zero attached hydrogens (tertiary/aromatic N) is 2. The Morgan fingerprint density at radius 1 is 1.25 bits per heavy atom. The van der Waals surface area contributed by atoms with Crippen LogP contribution in [0.1, 0.15) is 22.8 Å². The first-order chi connectivity index (χ1) is 11.6. The number of amides is 1.